The lowest BCUT2D eigenvalue weighted by molar-refractivity contribution is -0.136. The highest BCUT2D eigenvalue weighted by molar-refractivity contribution is 7.17. The number of hydrogen-bond acceptors (Lipinski definition) is 4. The second-order valence-electron chi connectivity index (χ2n) is 5.20. The predicted octanol–water partition coefficient (Wildman–Crippen LogP) is 3.79. The van der Waals surface area contributed by atoms with Crippen LogP contribution >= 0.6 is 11.3 Å². The zero-order chi connectivity index (χ0) is 17.1. The van der Waals surface area contributed by atoms with E-state index in [2.05, 4.69) is 5.32 Å². The number of rotatable bonds is 5. The van der Waals surface area contributed by atoms with Crippen LogP contribution in [0.25, 0.3) is 10.1 Å². The van der Waals surface area contributed by atoms with Gasteiger partial charge < -0.3 is 15.2 Å². The van der Waals surface area contributed by atoms with Crippen molar-refractivity contribution in [3.63, 3.8) is 0 Å². The van der Waals surface area contributed by atoms with E-state index in [0.717, 1.165) is 10.1 Å². The van der Waals surface area contributed by atoms with Crippen molar-refractivity contribution < 1.29 is 19.4 Å². The van der Waals surface area contributed by atoms with Crippen molar-refractivity contribution in [3.05, 3.63) is 59.0 Å². The Bertz CT molecular complexity index is 916. The molecule has 2 N–H and O–H groups in total. The van der Waals surface area contributed by atoms with Crippen LogP contribution < -0.4 is 10.1 Å². The first kappa shape index (κ1) is 16.0. The fourth-order valence-corrected chi connectivity index (χ4v) is 3.41. The summed E-state index contributed by atoms with van der Waals surface area (Å²) in [5.41, 5.74) is 1.72. The molecule has 24 heavy (non-hydrogen) atoms. The van der Waals surface area contributed by atoms with Gasteiger partial charge in [-0.05, 0) is 23.8 Å². The van der Waals surface area contributed by atoms with Gasteiger partial charge in [0.2, 0.25) is 0 Å². The molecule has 6 heteroatoms. The molecule has 0 atom stereocenters. The Labute approximate surface area is 142 Å². The number of thiophene rings is 1. The van der Waals surface area contributed by atoms with Gasteiger partial charge in [-0.15, -0.1) is 11.3 Å². The minimum absolute atomic E-state index is 0.0975. The quantitative estimate of drug-likeness (QED) is 0.740. The second-order valence-corrected chi connectivity index (χ2v) is 6.12. The highest BCUT2D eigenvalue weighted by Crippen LogP contribution is 2.29. The number of amides is 1. The summed E-state index contributed by atoms with van der Waals surface area (Å²) in [5.74, 6) is -0.711. The molecule has 0 radical (unpaired) electrons. The zero-order valence-corrected chi connectivity index (χ0v) is 13.7. The standard InChI is InChI=1S/C18H15NO4S/c1-23-15-8-11(9-17(20)21)6-7-14(15)19-18(22)13-10-24-16-5-3-2-4-12(13)16/h2-8,10H,9H2,1H3,(H,19,22)(H,20,21). The number of benzene rings is 2. The first-order chi connectivity index (χ1) is 11.6. The van der Waals surface area contributed by atoms with Crippen molar-refractivity contribution in [2.75, 3.05) is 12.4 Å². The minimum Gasteiger partial charge on any atom is -0.495 e. The molecule has 0 saturated heterocycles. The van der Waals surface area contributed by atoms with Crippen LogP contribution in [0.5, 0.6) is 5.75 Å². The lowest BCUT2D eigenvalue weighted by Crippen LogP contribution is -2.12. The lowest BCUT2D eigenvalue weighted by atomic mass is 10.1. The monoisotopic (exact) mass is 341 g/mol. The van der Waals surface area contributed by atoms with Crippen molar-refractivity contribution in [2.24, 2.45) is 0 Å². The number of anilines is 1. The number of carbonyl (C=O) groups excluding carboxylic acids is 1. The van der Waals surface area contributed by atoms with E-state index in [-0.39, 0.29) is 12.3 Å². The number of hydrogen-bond donors (Lipinski definition) is 2. The van der Waals surface area contributed by atoms with Crippen LogP contribution in [0.15, 0.2) is 47.8 Å². The smallest absolute Gasteiger partial charge is 0.307 e. The van der Waals surface area contributed by atoms with E-state index in [1.807, 2.05) is 29.6 Å². The van der Waals surface area contributed by atoms with Crippen LogP contribution in [0, 0.1) is 0 Å². The maximum atomic E-state index is 12.6. The Morgan fingerprint density at radius 2 is 2.00 bits per heavy atom. The largest absolute Gasteiger partial charge is 0.495 e. The van der Waals surface area contributed by atoms with Gasteiger partial charge >= 0.3 is 5.97 Å². The van der Waals surface area contributed by atoms with Gasteiger partial charge in [0.15, 0.2) is 0 Å². The van der Waals surface area contributed by atoms with Gasteiger partial charge in [-0.2, -0.15) is 0 Å². The topological polar surface area (TPSA) is 75.6 Å². The van der Waals surface area contributed by atoms with E-state index in [4.69, 9.17) is 9.84 Å². The molecule has 3 rings (SSSR count). The molecule has 1 heterocycles. The Kier molecular flexibility index (Phi) is 4.48. The minimum atomic E-state index is -0.918. The number of carboxylic acids is 1. The predicted molar refractivity (Wildman–Crippen MR) is 94.1 cm³/mol. The van der Waals surface area contributed by atoms with Crippen molar-refractivity contribution in [2.45, 2.75) is 6.42 Å². The van der Waals surface area contributed by atoms with Gasteiger partial charge in [0.1, 0.15) is 5.75 Å². The van der Waals surface area contributed by atoms with E-state index in [1.165, 1.54) is 18.4 Å². The summed E-state index contributed by atoms with van der Waals surface area (Å²) in [7, 11) is 1.48. The average molecular weight is 341 g/mol. The van der Waals surface area contributed by atoms with Crippen LogP contribution in [0.3, 0.4) is 0 Å². The Morgan fingerprint density at radius 3 is 2.75 bits per heavy atom. The van der Waals surface area contributed by atoms with Crippen LogP contribution in [-0.4, -0.2) is 24.1 Å². The summed E-state index contributed by atoms with van der Waals surface area (Å²) in [6.45, 7) is 0. The molecular weight excluding hydrogens is 326 g/mol. The Balaban J connectivity index is 1.87. The van der Waals surface area contributed by atoms with E-state index in [9.17, 15) is 9.59 Å². The third kappa shape index (κ3) is 3.23. The van der Waals surface area contributed by atoms with Gasteiger partial charge in [-0.3, -0.25) is 9.59 Å². The zero-order valence-electron chi connectivity index (χ0n) is 12.9. The van der Waals surface area contributed by atoms with Crippen molar-refractivity contribution >= 4 is 39.0 Å². The van der Waals surface area contributed by atoms with Crippen molar-refractivity contribution in [1.82, 2.24) is 0 Å². The third-order valence-corrected chi connectivity index (χ3v) is 4.56. The fraction of sp³-hybridized carbons (Fsp3) is 0.111. The number of carbonyl (C=O) groups is 2. The number of methoxy groups -OCH3 is 1. The Hall–Kier alpha value is -2.86. The summed E-state index contributed by atoms with van der Waals surface area (Å²) < 4.78 is 6.32. The molecule has 0 aliphatic rings. The molecule has 0 aliphatic carbocycles. The second kappa shape index (κ2) is 6.72. The molecule has 5 nitrogen and oxygen atoms in total. The van der Waals surface area contributed by atoms with E-state index >= 15 is 0 Å². The number of ether oxygens (including phenoxy) is 1. The molecule has 0 saturated carbocycles. The molecule has 2 aromatic carbocycles. The maximum absolute atomic E-state index is 12.6. The van der Waals surface area contributed by atoms with Gasteiger partial charge in [-0.1, -0.05) is 24.3 Å². The number of carboxylic acid groups (broad SMARTS) is 1. The molecule has 1 amide bonds. The van der Waals surface area contributed by atoms with Crippen molar-refractivity contribution in [1.29, 1.82) is 0 Å². The molecular formula is C18H15NO4S. The van der Waals surface area contributed by atoms with Crippen LogP contribution in [-0.2, 0) is 11.2 Å². The first-order valence-corrected chi connectivity index (χ1v) is 8.12. The molecule has 0 fully saturated rings. The summed E-state index contributed by atoms with van der Waals surface area (Å²) >= 11 is 1.51. The van der Waals surface area contributed by atoms with E-state index in [0.29, 0.717) is 22.6 Å². The molecule has 0 unspecified atom stereocenters. The molecule has 122 valence electrons. The van der Waals surface area contributed by atoms with Crippen LogP contribution in [0.1, 0.15) is 15.9 Å². The average Bonchev–Trinajstić information content (AvgIpc) is 2.99. The highest BCUT2D eigenvalue weighted by atomic mass is 32.1. The molecule has 1 aromatic heterocycles. The number of aliphatic carboxylic acids is 1. The van der Waals surface area contributed by atoms with Gasteiger partial charge in [0.05, 0.1) is 24.8 Å². The summed E-state index contributed by atoms with van der Waals surface area (Å²) in [6, 6.07) is 12.7. The normalized spacial score (nSPS) is 10.5. The highest BCUT2D eigenvalue weighted by Gasteiger charge is 2.15. The third-order valence-electron chi connectivity index (χ3n) is 3.60. The van der Waals surface area contributed by atoms with Crippen molar-refractivity contribution in [3.8, 4) is 5.75 Å². The fourth-order valence-electron chi connectivity index (χ4n) is 2.47. The van der Waals surface area contributed by atoms with E-state index < -0.39 is 5.97 Å². The van der Waals surface area contributed by atoms with Gasteiger partial charge in [-0.25, -0.2) is 0 Å². The first-order valence-electron chi connectivity index (χ1n) is 7.25. The summed E-state index contributed by atoms with van der Waals surface area (Å²) in [5, 5.41) is 14.4. The summed E-state index contributed by atoms with van der Waals surface area (Å²) in [6.07, 6.45) is -0.0975. The van der Waals surface area contributed by atoms with Crippen LogP contribution in [0.2, 0.25) is 0 Å². The molecule has 0 aliphatic heterocycles. The lowest BCUT2D eigenvalue weighted by Gasteiger charge is -2.11. The van der Waals surface area contributed by atoms with E-state index in [1.54, 1.807) is 18.2 Å². The summed E-state index contributed by atoms with van der Waals surface area (Å²) in [4.78, 5) is 23.4. The number of nitrogens with one attached hydrogen (secondary N) is 1. The Morgan fingerprint density at radius 1 is 1.21 bits per heavy atom. The number of fused-ring (bicyclic) bond motifs is 1. The molecule has 0 bridgehead atoms. The molecule has 3 aromatic rings. The SMILES string of the molecule is COc1cc(CC(=O)O)ccc1NC(=O)c1csc2ccccc12. The van der Waals surface area contributed by atoms with Gasteiger partial charge in [0.25, 0.3) is 5.91 Å². The molecule has 0 spiro atoms. The van der Waals surface area contributed by atoms with Gasteiger partial charge in [0, 0.05) is 15.5 Å². The maximum Gasteiger partial charge on any atom is 0.307 e. The van der Waals surface area contributed by atoms with Crippen LogP contribution in [0.4, 0.5) is 5.69 Å².